The Hall–Kier alpha value is 0.170. The van der Waals surface area contributed by atoms with Crippen molar-refractivity contribution < 1.29 is 9.90 Å². The van der Waals surface area contributed by atoms with Gasteiger partial charge in [0.1, 0.15) is 0 Å². The molecule has 0 rings (SSSR count). The smallest absolute Gasteiger partial charge is 0.304 e. The zero-order valence-electron chi connectivity index (χ0n) is 5.82. The molecule has 0 radical (unpaired) electrons. The van der Waals surface area contributed by atoms with Crippen molar-refractivity contribution in [3.05, 3.63) is 0 Å². The van der Waals surface area contributed by atoms with Gasteiger partial charge in [-0.05, 0) is 6.42 Å². The fraction of sp³-hybridized carbons (Fsp3) is 0.833. The quantitative estimate of drug-likeness (QED) is 0.573. The van der Waals surface area contributed by atoms with Crippen molar-refractivity contribution in [2.45, 2.75) is 30.3 Å². The maximum atomic E-state index is 10.1. The zero-order chi connectivity index (χ0) is 8.15. The van der Waals surface area contributed by atoms with Gasteiger partial charge in [0.05, 0.1) is 6.42 Å². The lowest BCUT2D eigenvalue weighted by atomic mass is 10.2. The molecule has 4 heteroatoms. The van der Waals surface area contributed by atoms with Crippen LogP contribution < -0.4 is 0 Å². The van der Waals surface area contributed by atoms with Crippen LogP contribution in [0, 0.1) is 0 Å². The van der Waals surface area contributed by atoms with Crippen LogP contribution in [-0.4, -0.2) is 21.6 Å². The molecule has 2 nitrogen and oxygen atoms in total. The molecule has 1 N–H and O–H groups in total. The molecule has 0 fully saturated rings. The highest BCUT2D eigenvalue weighted by Gasteiger charge is 2.14. The van der Waals surface area contributed by atoms with Gasteiger partial charge >= 0.3 is 5.97 Å². The molecule has 10 heavy (non-hydrogen) atoms. The van der Waals surface area contributed by atoms with E-state index in [1.54, 1.807) is 0 Å². The highest BCUT2D eigenvalue weighted by molar-refractivity contribution is 7.85. The summed E-state index contributed by atoms with van der Waals surface area (Å²) in [6.07, 6.45) is 0.940. The molecular weight excluding hydrogens is 168 g/mol. The van der Waals surface area contributed by atoms with Crippen molar-refractivity contribution in [2.75, 3.05) is 0 Å². The number of hydrogen-bond acceptors (Lipinski definition) is 3. The van der Waals surface area contributed by atoms with Crippen LogP contribution in [-0.2, 0) is 4.79 Å². The maximum absolute atomic E-state index is 10.1. The van der Waals surface area contributed by atoms with Gasteiger partial charge < -0.3 is 5.11 Å². The molecule has 0 aliphatic heterocycles. The van der Waals surface area contributed by atoms with Gasteiger partial charge in [-0.2, -0.15) is 25.3 Å². The van der Waals surface area contributed by atoms with E-state index in [2.05, 4.69) is 25.3 Å². The molecule has 0 heterocycles. The van der Waals surface area contributed by atoms with Crippen LogP contribution in [0.15, 0.2) is 0 Å². The van der Waals surface area contributed by atoms with Crippen LogP contribution in [0.2, 0.25) is 0 Å². The van der Waals surface area contributed by atoms with Crippen LogP contribution in [0.3, 0.4) is 0 Å². The number of aliphatic carboxylic acids is 1. The third kappa shape index (κ3) is 4.06. The zero-order valence-corrected chi connectivity index (χ0v) is 7.61. The molecule has 0 spiro atoms. The topological polar surface area (TPSA) is 37.3 Å². The Bertz CT molecular complexity index is 116. The Labute approximate surface area is 71.8 Å². The highest BCUT2D eigenvalue weighted by atomic mass is 32.1. The summed E-state index contributed by atoms with van der Waals surface area (Å²) in [6, 6.07) is 0. The van der Waals surface area contributed by atoms with Gasteiger partial charge in [-0.25, -0.2) is 0 Å². The summed E-state index contributed by atoms with van der Waals surface area (Å²) < 4.78 is 0. The van der Waals surface area contributed by atoms with Crippen LogP contribution in [0.4, 0.5) is 0 Å². The minimum absolute atomic E-state index is 0.0828. The maximum Gasteiger partial charge on any atom is 0.304 e. The van der Waals surface area contributed by atoms with Gasteiger partial charge in [-0.1, -0.05) is 6.92 Å². The van der Waals surface area contributed by atoms with Gasteiger partial charge in [0.25, 0.3) is 0 Å². The van der Waals surface area contributed by atoms with E-state index in [0.29, 0.717) is 0 Å². The van der Waals surface area contributed by atoms with E-state index in [-0.39, 0.29) is 16.9 Å². The lowest BCUT2D eigenvalue weighted by molar-refractivity contribution is -0.136. The molecular formula is C6H12O2S2. The third-order valence-corrected chi connectivity index (χ3v) is 2.75. The first kappa shape index (κ1) is 10.2. The molecule has 2 unspecified atom stereocenters. The van der Waals surface area contributed by atoms with Gasteiger partial charge in [0.15, 0.2) is 0 Å². The highest BCUT2D eigenvalue weighted by Crippen LogP contribution is 2.15. The van der Waals surface area contributed by atoms with E-state index in [9.17, 15) is 4.79 Å². The van der Waals surface area contributed by atoms with Gasteiger partial charge in [0, 0.05) is 10.5 Å². The summed E-state index contributed by atoms with van der Waals surface area (Å²) in [5.41, 5.74) is 0. The number of thiol groups is 2. The number of carbonyl (C=O) groups is 1. The summed E-state index contributed by atoms with van der Waals surface area (Å²) in [5.74, 6) is -0.812. The lowest BCUT2D eigenvalue weighted by Gasteiger charge is -2.13. The number of rotatable bonds is 4. The molecule has 0 bridgehead atoms. The number of carboxylic acid groups (broad SMARTS) is 1. The molecule has 0 aliphatic carbocycles. The summed E-state index contributed by atoms with van der Waals surface area (Å²) in [5, 5.41) is 8.29. The van der Waals surface area contributed by atoms with E-state index >= 15 is 0 Å². The molecule has 0 amide bonds. The molecule has 0 saturated heterocycles. The van der Waals surface area contributed by atoms with Crippen molar-refractivity contribution in [3.63, 3.8) is 0 Å². The second-order valence-electron chi connectivity index (χ2n) is 2.14. The van der Waals surface area contributed by atoms with Crippen LogP contribution in [0.1, 0.15) is 19.8 Å². The van der Waals surface area contributed by atoms with Crippen molar-refractivity contribution in [3.8, 4) is 0 Å². The molecule has 0 aliphatic rings. The molecule has 0 saturated carbocycles. The van der Waals surface area contributed by atoms with E-state index in [4.69, 9.17) is 5.11 Å². The van der Waals surface area contributed by atoms with Crippen molar-refractivity contribution >= 4 is 31.2 Å². The number of hydrogen-bond donors (Lipinski definition) is 3. The normalized spacial score (nSPS) is 16.3. The second-order valence-corrected chi connectivity index (χ2v) is 3.47. The van der Waals surface area contributed by atoms with Crippen LogP contribution >= 0.6 is 25.3 Å². The molecule has 0 aromatic heterocycles. The molecule has 2 atom stereocenters. The van der Waals surface area contributed by atoms with Crippen molar-refractivity contribution in [1.29, 1.82) is 0 Å². The fourth-order valence-corrected chi connectivity index (χ4v) is 1.06. The Morgan fingerprint density at radius 2 is 2.00 bits per heavy atom. The van der Waals surface area contributed by atoms with E-state index < -0.39 is 5.97 Å². The Morgan fingerprint density at radius 3 is 2.30 bits per heavy atom. The summed E-state index contributed by atoms with van der Waals surface area (Å²) in [7, 11) is 0. The third-order valence-electron chi connectivity index (χ3n) is 1.25. The summed E-state index contributed by atoms with van der Waals surface area (Å²) in [6.45, 7) is 1.96. The predicted molar refractivity (Wildman–Crippen MR) is 48.1 cm³/mol. The Kier molecular flexibility index (Phi) is 4.99. The monoisotopic (exact) mass is 180 g/mol. The standard InChI is InChI=1S/C6H12O2S2/c1-2-4(9)5(10)3-6(7)8/h4-5,9-10H,2-3H2,1H3,(H,7,8). The minimum atomic E-state index is -0.812. The van der Waals surface area contributed by atoms with Crippen LogP contribution in [0.25, 0.3) is 0 Å². The summed E-state index contributed by atoms with van der Waals surface area (Å²) >= 11 is 8.25. The largest absolute Gasteiger partial charge is 0.481 e. The second kappa shape index (κ2) is 4.91. The van der Waals surface area contributed by atoms with E-state index in [1.165, 1.54) is 0 Å². The first-order valence-electron chi connectivity index (χ1n) is 3.15. The predicted octanol–water partition coefficient (Wildman–Crippen LogP) is 1.47. The SMILES string of the molecule is CCC(S)C(S)CC(=O)O. The molecule has 0 aromatic carbocycles. The fourth-order valence-electron chi connectivity index (χ4n) is 0.587. The van der Waals surface area contributed by atoms with Crippen molar-refractivity contribution in [2.24, 2.45) is 0 Å². The molecule has 0 aromatic rings. The Morgan fingerprint density at radius 1 is 1.50 bits per heavy atom. The Balaban J connectivity index is 3.61. The number of carboxylic acids is 1. The summed E-state index contributed by atoms with van der Waals surface area (Å²) in [4.78, 5) is 10.1. The van der Waals surface area contributed by atoms with E-state index in [0.717, 1.165) is 6.42 Å². The lowest BCUT2D eigenvalue weighted by Crippen LogP contribution is -2.18. The average molecular weight is 180 g/mol. The first-order chi connectivity index (χ1) is 4.57. The van der Waals surface area contributed by atoms with Gasteiger partial charge in [-0.15, -0.1) is 0 Å². The minimum Gasteiger partial charge on any atom is -0.481 e. The van der Waals surface area contributed by atoms with Crippen molar-refractivity contribution in [1.82, 2.24) is 0 Å². The van der Waals surface area contributed by atoms with Crippen LogP contribution in [0.5, 0.6) is 0 Å². The van der Waals surface area contributed by atoms with Gasteiger partial charge in [0.2, 0.25) is 0 Å². The average Bonchev–Trinajstić information content (AvgIpc) is 1.85. The van der Waals surface area contributed by atoms with E-state index in [1.807, 2.05) is 6.92 Å². The first-order valence-corrected chi connectivity index (χ1v) is 4.19. The van der Waals surface area contributed by atoms with Gasteiger partial charge in [-0.3, -0.25) is 4.79 Å². The molecule has 60 valence electrons.